The molecule has 1 unspecified atom stereocenters. The van der Waals surface area contributed by atoms with E-state index in [9.17, 15) is 10.1 Å². The van der Waals surface area contributed by atoms with Crippen LogP contribution in [0.2, 0.25) is 0 Å². The molecule has 1 heterocycles. The Morgan fingerprint density at radius 2 is 2.11 bits per heavy atom. The quantitative estimate of drug-likeness (QED) is 0.475. The van der Waals surface area contributed by atoms with E-state index in [0.717, 1.165) is 25.1 Å². The van der Waals surface area contributed by atoms with Gasteiger partial charge < -0.3 is 14.8 Å². The molecule has 19 heavy (non-hydrogen) atoms. The third kappa shape index (κ3) is 4.59. The Kier molecular flexibility index (Phi) is 5.26. The van der Waals surface area contributed by atoms with Gasteiger partial charge in [0.2, 0.25) is 0 Å². The minimum atomic E-state index is -0.386. The lowest BCUT2D eigenvalue weighted by Gasteiger charge is -2.23. The number of rotatable bonds is 6. The molecule has 0 bridgehead atoms. The average molecular weight is 266 g/mol. The van der Waals surface area contributed by atoms with Crippen LogP contribution in [0.25, 0.3) is 0 Å². The smallest absolute Gasteiger partial charge is 0.269 e. The number of benzene rings is 1. The van der Waals surface area contributed by atoms with Crippen molar-refractivity contribution >= 4 is 5.69 Å². The number of hydrogen-bond donors (Lipinski definition) is 1. The standard InChI is InChI=1S/C13H18N2O4/c16-15(17)12-3-1-11(2-4-12)5-6-14-9-13-10-18-7-8-19-13/h1-4,13-14H,5-10H2. The number of nitro benzene ring substituents is 1. The molecule has 0 aliphatic carbocycles. The molecule has 2 rings (SSSR count). The minimum Gasteiger partial charge on any atom is -0.376 e. The Balaban J connectivity index is 1.66. The highest BCUT2D eigenvalue weighted by atomic mass is 16.6. The van der Waals surface area contributed by atoms with Crippen LogP contribution in [0, 0.1) is 10.1 Å². The third-order valence-electron chi connectivity index (χ3n) is 2.99. The van der Waals surface area contributed by atoms with Gasteiger partial charge in [0.1, 0.15) is 0 Å². The van der Waals surface area contributed by atoms with E-state index in [0.29, 0.717) is 19.8 Å². The number of nitrogens with zero attached hydrogens (tertiary/aromatic N) is 1. The maximum atomic E-state index is 10.5. The normalized spacial score (nSPS) is 19.3. The molecule has 1 aromatic carbocycles. The summed E-state index contributed by atoms with van der Waals surface area (Å²) >= 11 is 0. The molecule has 1 aliphatic rings. The summed E-state index contributed by atoms with van der Waals surface area (Å²) in [6, 6.07) is 6.65. The van der Waals surface area contributed by atoms with Gasteiger partial charge in [-0.15, -0.1) is 0 Å². The molecule has 1 aromatic rings. The van der Waals surface area contributed by atoms with Crippen LogP contribution < -0.4 is 5.32 Å². The Morgan fingerprint density at radius 1 is 1.32 bits per heavy atom. The van der Waals surface area contributed by atoms with Crippen LogP contribution in [-0.2, 0) is 15.9 Å². The lowest BCUT2D eigenvalue weighted by molar-refractivity contribution is -0.384. The number of hydrogen-bond acceptors (Lipinski definition) is 5. The van der Waals surface area contributed by atoms with Crippen molar-refractivity contribution in [2.45, 2.75) is 12.5 Å². The van der Waals surface area contributed by atoms with E-state index in [4.69, 9.17) is 9.47 Å². The van der Waals surface area contributed by atoms with Gasteiger partial charge in [-0.25, -0.2) is 0 Å². The molecule has 104 valence electrons. The maximum Gasteiger partial charge on any atom is 0.269 e. The summed E-state index contributed by atoms with van der Waals surface area (Å²) in [5.41, 5.74) is 1.21. The highest BCUT2D eigenvalue weighted by Crippen LogP contribution is 2.11. The summed E-state index contributed by atoms with van der Waals surface area (Å²) in [7, 11) is 0. The number of non-ortho nitro benzene ring substituents is 1. The van der Waals surface area contributed by atoms with Gasteiger partial charge in [-0.05, 0) is 18.5 Å². The molecule has 6 heteroatoms. The molecule has 0 spiro atoms. The first-order valence-electron chi connectivity index (χ1n) is 6.39. The highest BCUT2D eigenvalue weighted by molar-refractivity contribution is 5.32. The molecule has 0 saturated carbocycles. The summed E-state index contributed by atoms with van der Waals surface area (Å²) < 4.78 is 10.8. The molecule has 0 amide bonds. The van der Waals surface area contributed by atoms with Crippen LogP contribution >= 0.6 is 0 Å². The first-order valence-corrected chi connectivity index (χ1v) is 6.39. The Hall–Kier alpha value is -1.50. The van der Waals surface area contributed by atoms with E-state index in [2.05, 4.69) is 5.32 Å². The van der Waals surface area contributed by atoms with Gasteiger partial charge in [0.15, 0.2) is 0 Å². The third-order valence-corrected chi connectivity index (χ3v) is 2.99. The maximum absolute atomic E-state index is 10.5. The van der Waals surface area contributed by atoms with Crippen molar-refractivity contribution in [1.29, 1.82) is 0 Å². The summed E-state index contributed by atoms with van der Waals surface area (Å²) in [5, 5.41) is 13.8. The molecule has 1 fully saturated rings. The molecule has 6 nitrogen and oxygen atoms in total. The Bertz CT molecular complexity index is 402. The van der Waals surface area contributed by atoms with Crippen LogP contribution in [-0.4, -0.2) is 43.9 Å². The fraction of sp³-hybridized carbons (Fsp3) is 0.538. The van der Waals surface area contributed by atoms with Crippen LogP contribution in [0.15, 0.2) is 24.3 Å². The molecular formula is C13H18N2O4. The second-order valence-electron chi connectivity index (χ2n) is 4.45. The lowest BCUT2D eigenvalue weighted by Crippen LogP contribution is -2.38. The molecular weight excluding hydrogens is 248 g/mol. The zero-order valence-electron chi connectivity index (χ0n) is 10.7. The topological polar surface area (TPSA) is 73.6 Å². The number of nitrogens with one attached hydrogen (secondary N) is 1. The van der Waals surface area contributed by atoms with E-state index in [-0.39, 0.29) is 16.7 Å². The lowest BCUT2D eigenvalue weighted by atomic mass is 10.1. The zero-order valence-corrected chi connectivity index (χ0v) is 10.7. The van der Waals surface area contributed by atoms with Gasteiger partial charge in [-0.3, -0.25) is 10.1 Å². The van der Waals surface area contributed by atoms with Crippen LogP contribution in [0.3, 0.4) is 0 Å². The number of ether oxygens (including phenoxy) is 2. The predicted octanol–water partition coefficient (Wildman–Crippen LogP) is 1.14. The fourth-order valence-corrected chi connectivity index (χ4v) is 1.93. The highest BCUT2D eigenvalue weighted by Gasteiger charge is 2.13. The van der Waals surface area contributed by atoms with E-state index in [1.54, 1.807) is 12.1 Å². The van der Waals surface area contributed by atoms with Gasteiger partial charge >= 0.3 is 0 Å². The second kappa shape index (κ2) is 7.18. The van der Waals surface area contributed by atoms with Crippen LogP contribution in [0.1, 0.15) is 5.56 Å². The average Bonchev–Trinajstić information content (AvgIpc) is 2.45. The monoisotopic (exact) mass is 266 g/mol. The van der Waals surface area contributed by atoms with Crippen molar-refractivity contribution in [1.82, 2.24) is 5.32 Å². The zero-order chi connectivity index (χ0) is 13.5. The molecule has 1 N–H and O–H groups in total. The summed E-state index contributed by atoms with van der Waals surface area (Å²) in [6.07, 6.45) is 0.969. The summed E-state index contributed by atoms with van der Waals surface area (Å²) in [4.78, 5) is 10.1. The molecule has 0 aromatic heterocycles. The van der Waals surface area contributed by atoms with Crippen molar-refractivity contribution in [3.8, 4) is 0 Å². The van der Waals surface area contributed by atoms with Gasteiger partial charge in [0, 0.05) is 18.7 Å². The number of nitro groups is 1. The van der Waals surface area contributed by atoms with Crippen molar-refractivity contribution < 1.29 is 14.4 Å². The van der Waals surface area contributed by atoms with E-state index >= 15 is 0 Å². The fourth-order valence-electron chi connectivity index (χ4n) is 1.93. The van der Waals surface area contributed by atoms with Gasteiger partial charge in [0.05, 0.1) is 30.8 Å². The van der Waals surface area contributed by atoms with Crippen molar-refractivity contribution in [3.63, 3.8) is 0 Å². The predicted molar refractivity (Wildman–Crippen MR) is 70.2 cm³/mol. The summed E-state index contributed by atoms with van der Waals surface area (Å²) in [6.45, 7) is 3.57. The van der Waals surface area contributed by atoms with Gasteiger partial charge in [-0.1, -0.05) is 12.1 Å². The molecule has 1 saturated heterocycles. The van der Waals surface area contributed by atoms with Crippen molar-refractivity contribution in [3.05, 3.63) is 39.9 Å². The van der Waals surface area contributed by atoms with Crippen molar-refractivity contribution in [2.75, 3.05) is 32.9 Å². The van der Waals surface area contributed by atoms with Crippen LogP contribution in [0.5, 0.6) is 0 Å². The minimum absolute atomic E-state index is 0.129. The first kappa shape index (κ1) is 13.9. The first-order chi connectivity index (χ1) is 9.25. The van der Waals surface area contributed by atoms with Gasteiger partial charge in [0.25, 0.3) is 5.69 Å². The molecule has 1 aliphatic heterocycles. The van der Waals surface area contributed by atoms with E-state index in [1.807, 2.05) is 0 Å². The van der Waals surface area contributed by atoms with Crippen molar-refractivity contribution in [2.24, 2.45) is 0 Å². The van der Waals surface area contributed by atoms with E-state index in [1.165, 1.54) is 12.1 Å². The summed E-state index contributed by atoms with van der Waals surface area (Å²) in [5.74, 6) is 0. The largest absolute Gasteiger partial charge is 0.376 e. The SMILES string of the molecule is O=[N+]([O-])c1ccc(CCNCC2COCCO2)cc1. The second-order valence-corrected chi connectivity index (χ2v) is 4.45. The van der Waals surface area contributed by atoms with E-state index < -0.39 is 0 Å². The van der Waals surface area contributed by atoms with Crippen LogP contribution in [0.4, 0.5) is 5.69 Å². The molecule has 1 atom stereocenters. The van der Waals surface area contributed by atoms with Gasteiger partial charge in [-0.2, -0.15) is 0 Å². The Labute approximate surface area is 111 Å². The molecule has 0 radical (unpaired) electrons. The Morgan fingerprint density at radius 3 is 2.74 bits per heavy atom.